The number of thiol groups is 1. The van der Waals surface area contributed by atoms with Crippen LogP contribution in [0.4, 0.5) is 0 Å². The molecule has 0 amide bonds. The Balaban J connectivity index is -0.000000500. The third kappa shape index (κ3) is 6.93. The van der Waals surface area contributed by atoms with Gasteiger partial charge in [-0.15, -0.1) is 0 Å². The summed E-state index contributed by atoms with van der Waals surface area (Å²) in [5, 5.41) is 0. The van der Waals surface area contributed by atoms with E-state index in [0.29, 0.717) is 0 Å². The first-order valence-corrected chi connectivity index (χ1v) is 5.95. The van der Waals surface area contributed by atoms with Crippen LogP contribution in [-0.4, -0.2) is 34.3 Å². The topological polar surface area (TPSA) is 57.7 Å². The molecule has 0 aromatic heterocycles. The molecule has 13 heavy (non-hydrogen) atoms. The normalized spacial score (nSPS) is 10.2. The van der Waals surface area contributed by atoms with Gasteiger partial charge < -0.3 is 18.8 Å². The molecule has 4 nitrogen and oxygen atoms in total. The van der Waals surface area contributed by atoms with Crippen molar-refractivity contribution in [1.82, 2.24) is 0 Å². The predicted octanol–water partition coefficient (Wildman–Crippen LogP) is 1.17. The number of hydrogen-bond acceptors (Lipinski definition) is 5. The Morgan fingerprint density at radius 2 is 1.77 bits per heavy atom. The fourth-order valence-corrected chi connectivity index (χ4v) is 2.79. The fourth-order valence-electron chi connectivity index (χ4n) is 0.773. The van der Waals surface area contributed by atoms with Gasteiger partial charge in [-0.05, 0) is 12.2 Å². The Morgan fingerprint density at radius 3 is 2.00 bits per heavy atom. The third-order valence-corrected chi connectivity index (χ3v) is 4.45. The molecule has 0 aliphatic heterocycles. The van der Waals surface area contributed by atoms with Gasteiger partial charge in [0, 0.05) is 20.3 Å². The van der Waals surface area contributed by atoms with E-state index in [-0.39, 0.29) is 22.5 Å². The molecule has 0 saturated carbocycles. The molecule has 0 rings (SSSR count). The molecular formula is C6H16CuO4SSi. The minimum atomic E-state index is -2.40. The van der Waals surface area contributed by atoms with E-state index in [1.165, 1.54) is 0 Å². The van der Waals surface area contributed by atoms with E-state index in [9.17, 15) is 0 Å². The van der Waals surface area contributed by atoms with E-state index in [4.69, 9.17) is 13.3 Å². The van der Waals surface area contributed by atoms with Crippen LogP contribution in [0.5, 0.6) is 0 Å². The molecule has 0 bridgehead atoms. The molecule has 0 saturated heterocycles. The number of rotatable bonds is 6. The van der Waals surface area contributed by atoms with Gasteiger partial charge >= 0.3 is 25.9 Å². The van der Waals surface area contributed by atoms with Gasteiger partial charge in [-0.2, -0.15) is 12.6 Å². The Hall–Kier alpha value is 0.926. The van der Waals surface area contributed by atoms with Crippen LogP contribution in [0.3, 0.4) is 0 Å². The van der Waals surface area contributed by atoms with Gasteiger partial charge in [0.1, 0.15) is 0 Å². The molecule has 0 aromatic rings. The van der Waals surface area contributed by atoms with Crippen molar-refractivity contribution >= 4 is 21.4 Å². The van der Waals surface area contributed by atoms with Crippen molar-refractivity contribution < 1.29 is 35.8 Å². The second-order valence-corrected chi connectivity index (χ2v) is 5.48. The van der Waals surface area contributed by atoms with Crippen LogP contribution < -0.4 is 0 Å². The largest absolute Gasteiger partial charge is 2.00 e. The average Bonchev–Trinajstić information content (AvgIpc) is 2.08. The Labute approximate surface area is 96.9 Å². The maximum atomic E-state index is 5.14. The zero-order valence-electron chi connectivity index (χ0n) is 7.75. The number of hydrogen-bond donors (Lipinski definition) is 1. The van der Waals surface area contributed by atoms with Gasteiger partial charge in [-0.1, -0.05) is 0 Å². The van der Waals surface area contributed by atoms with E-state index < -0.39 is 8.80 Å². The molecule has 0 aromatic carbocycles. The van der Waals surface area contributed by atoms with Gasteiger partial charge in [0.25, 0.3) is 0 Å². The Bertz CT molecular complexity index is 96.4. The average molecular weight is 276 g/mol. The van der Waals surface area contributed by atoms with Gasteiger partial charge in [0.05, 0.1) is 0 Å². The summed E-state index contributed by atoms with van der Waals surface area (Å²) in [4.78, 5) is 0. The van der Waals surface area contributed by atoms with Crippen molar-refractivity contribution in [3.8, 4) is 0 Å². The van der Waals surface area contributed by atoms with Crippen LogP contribution >= 0.6 is 12.6 Å². The van der Waals surface area contributed by atoms with Gasteiger partial charge in [0.2, 0.25) is 0 Å². The molecule has 0 atom stereocenters. The smallest absolute Gasteiger partial charge is 0.870 e. The standard InChI is InChI=1S/C6H15O3SSi.Cu.H2O/c1-7-11(8-2,9-3)6-4-5-10;;/h10H,1,4-6H2,2-3H3;;1H2/q-1;+2;/p-1. The van der Waals surface area contributed by atoms with E-state index in [1.54, 1.807) is 14.2 Å². The van der Waals surface area contributed by atoms with Crippen LogP contribution in [0.25, 0.3) is 0 Å². The summed E-state index contributed by atoms with van der Waals surface area (Å²) < 4.78 is 15.2. The summed E-state index contributed by atoms with van der Waals surface area (Å²) in [6, 6.07) is 0.771. The molecule has 1 N–H and O–H groups in total. The summed E-state index contributed by atoms with van der Waals surface area (Å²) in [6.45, 7) is 0. The van der Waals surface area contributed by atoms with E-state index in [1.807, 2.05) is 0 Å². The van der Waals surface area contributed by atoms with Crippen LogP contribution in [-0.2, 0) is 30.3 Å². The van der Waals surface area contributed by atoms with E-state index >= 15 is 0 Å². The van der Waals surface area contributed by atoms with Crippen LogP contribution in [0, 0.1) is 7.11 Å². The zero-order valence-corrected chi connectivity index (χ0v) is 10.6. The summed E-state index contributed by atoms with van der Waals surface area (Å²) in [5.74, 6) is 0.810. The third-order valence-electron chi connectivity index (χ3n) is 1.48. The second-order valence-electron chi connectivity index (χ2n) is 2.06. The maximum Gasteiger partial charge on any atom is 2.00 e. The molecule has 0 unspecified atom stereocenters. The second kappa shape index (κ2) is 11.0. The summed E-state index contributed by atoms with van der Waals surface area (Å²) in [7, 11) is 4.11. The SMILES string of the molecule is [CH2-]O[Si](CCCS)(OC)OC.[Cu+2].[OH-]. The molecule has 0 spiro atoms. The minimum absolute atomic E-state index is 0. The Kier molecular flexibility index (Phi) is 16.5. The first-order chi connectivity index (χ1) is 5.24. The van der Waals surface area contributed by atoms with Crippen molar-refractivity contribution in [2.45, 2.75) is 12.5 Å². The molecule has 7 heteroatoms. The molecule has 0 fully saturated rings. The molecule has 0 aliphatic rings. The fraction of sp³-hybridized carbons (Fsp3) is 0.833. The zero-order chi connectivity index (χ0) is 8.74. The predicted molar refractivity (Wildman–Crippen MR) is 51.4 cm³/mol. The van der Waals surface area contributed by atoms with Crippen molar-refractivity contribution in [1.29, 1.82) is 0 Å². The molecule has 0 heterocycles. The quantitative estimate of drug-likeness (QED) is 0.449. The van der Waals surface area contributed by atoms with Crippen LogP contribution in [0.1, 0.15) is 6.42 Å². The Morgan fingerprint density at radius 1 is 1.31 bits per heavy atom. The van der Waals surface area contributed by atoms with Crippen LogP contribution in [0.15, 0.2) is 0 Å². The molecule has 0 aliphatic carbocycles. The molecule has 1 radical (unpaired) electrons. The summed E-state index contributed by atoms with van der Waals surface area (Å²) >= 11 is 4.08. The minimum Gasteiger partial charge on any atom is -0.870 e. The van der Waals surface area contributed by atoms with Crippen LogP contribution in [0.2, 0.25) is 6.04 Å². The first kappa shape index (κ1) is 19.5. The van der Waals surface area contributed by atoms with E-state index in [2.05, 4.69) is 19.7 Å². The molecule has 85 valence electrons. The van der Waals surface area contributed by atoms with Crippen molar-refractivity contribution in [3.05, 3.63) is 7.11 Å². The van der Waals surface area contributed by atoms with Crippen molar-refractivity contribution in [2.24, 2.45) is 0 Å². The van der Waals surface area contributed by atoms with Crippen molar-refractivity contribution in [3.63, 3.8) is 0 Å². The monoisotopic (exact) mass is 275 g/mol. The summed E-state index contributed by atoms with van der Waals surface area (Å²) in [5.41, 5.74) is 0. The van der Waals surface area contributed by atoms with Gasteiger partial charge in [0.15, 0.2) is 0 Å². The van der Waals surface area contributed by atoms with E-state index in [0.717, 1.165) is 18.2 Å². The van der Waals surface area contributed by atoms with Gasteiger partial charge in [-0.25, -0.2) is 7.11 Å². The summed E-state index contributed by atoms with van der Waals surface area (Å²) in [6.07, 6.45) is 0.923. The maximum absolute atomic E-state index is 5.14. The molecular weight excluding hydrogens is 260 g/mol. The van der Waals surface area contributed by atoms with Crippen molar-refractivity contribution in [2.75, 3.05) is 20.0 Å². The van der Waals surface area contributed by atoms with Gasteiger partial charge in [-0.3, -0.25) is 0 Å². The first-order valence-electron chi connectivity index (χ1n) is 3.39.